The zero-order valence-corrected chi connectivity index (χ0v) is 7.02. The minimum atomic E-state index is 0.000000000000000222. The fourth-order valence-electron chi connectivity index (χ4n) is 0.415. The second-order valence-electron chi connectivity index (χ2n) is 1.59. The third-order valence-electron chi connectivity index (χ3n) is 0.696. The number of nitrogens with one attached hydrogen (secondary N) is 2. The van der Waals surface area contributed by atoms with Gasteiger partial charge in [-0.05, 0) is 24.4 Å². The van der Waals surface area contributed by atoms with Crippen molar-refractivity contribution in [3.63, 3.8) is 0 Å². The summed E-state index contributed by atoms with van der Waals surface area (Å²) in [7, 11) is 0. The number of hydrogen-bond donors (Lipinski definition) is 4. The van der Waals surface area contributed by atoms with Crippen LogP contribution in [0, 0.1) is 0 Å². The molecule has 6 N–H and O–H groups in total. The fourth-order valence-corrected chi connectivity index (χ4v) is 0.619. The van der Waals surface area contributed by atoms with Crippen molar-refractivity contribution in [1.29, 1.82) is 0 Å². The van der Waals surface area contributed by atoms with Crippen LogP contribution in [0.3, 0.4) is 0 Å². The van der Waals surface area contributed by atoms with Crippen molar-refractivity contribution in [1.82, 2.24) is 10.6 Å². The largest absolute Gasteiger partial charge is 0.377 e. The van der Waals surface area contributed by atoms with Crippen LogP contribution in [0.5, 0.6) is 0 Å². The maximum atomic E-state index is 4.70. The normalized spacial score (nSPS) is 14.2. The molecular formula is C4H10N4S2. The molecule has 1 rings (SSSR count). The van der Waals surface area contributed by atoms with Gasteiger partial charge in [0.05, 0.1) is 0 Å². The van der Waals surface area contributed by atoms with Gasteiger partial charge in [0.1, 0.15) is 0 Å². The van der Waals surface area contributed by atoms with E-state index in [1.807, 2.05) is 0 Å². The summed E-state index contributed by atoms with van der Waals surface area (Å²) < 4.78 is 0. The van der Waals surface area contributed by atoms with Crippen LogP contribution >= 0.6 is 24.4 Å². The third kappa shape index (κ3) is 7.38. The molecular weight excluding hydrogens is 168 g/mol. The van der Waals surface area contributed by atoms with Crippen LogP contribution in [0.1, 0.15) is 0 Å². The Morgan fingerprint density at radius 2 is 1.60 bits per heavy atom. The standard InChI is InChI=1S/C3H6N2S.CH4N2S/c6-3-4-1-2-5-3;2-1(3)4/h1-2H2,(H2,4,5,6);(H4,2,3,4). The van der Waals surface area contributed by atoms with Crippen molar-refractivity contribution < 1.29 is 0 Å². The molecule has 1 aliphatic rings. The second-order valence-corrected chi connectivity index (χ2v) is 2.46. The Morgan fingerprint density at radius 3 is 1.70 bits per heavy atom. The Bertz CT molecular complexity index is 123. The zero-order valence-electron chi connectivity index (χ0n) is 5.39. The first-order valence-electron chi connectivity index (χ1n) is 2.69. The summed E-state index contributed by atoms with van der Waals surface area (Å²) in [6.45, 7) is 1.97. The first-order valence-corrected chi connectivity index (χ1v) is 3.51. The van der Waals surface area contributed by atoms with Crippen molar-refractivity contribution in [3.05, 3.63) is 0 Å². The monoisotopic (exact) mass is 178 g/mol. The number of hydrogen-bond acceptors (Lipinski definition) is 2. The van der Waals surface area contributed by atoms with E-state index in [4.69, 9.17) is 12.2 Å². The molecule has 58 valence electrons. The highest BCUT2D eigenvalue weighted by Gasteiger charge is 1.98. The van der Waals surface area contributed by atoms with Gasteiger partial charge in [0.2, 0.25) is 0 Å². The van der Waals surface area contributed by atoms with Crippen LogP contribution in [0.2, 0.25) is 0 Å². The Balaban J connectivity index is 0.000000180. The van der Waals surface area contributed by atoms with Gasteiger partial charge >= 0.3 is 0 Å². The Labute approximate surface area is 70.3 Å². The summed E-state index contributed by atoms with van der Waals surface area (Å²) >= 11 is 8.79. The van der Waals surface area contributed by atoms with Gasteiger partial charge in [-0.3, -0.25) is 0 Å². The zero-order chi connectivity index (χ0) is 7.98. The van der Waals surface area contributed by atoms with Crippen LogP contribution < -0.4 is 22.1 Å². The van der Waals surface area contributed by atoms with E-state index in [-0.39, 0.29) is 5.11 Å². The molecule has 0 saturated carbocycles. The van der Waals surface area contributed by atoms with Gasteiger partial charge < -0.3 is 22.1 Å². The quantitative estimate of drug-likeness (QED) is 0.344. The lowest BCUT2D eigenvalue weighted by atomic mass is 10.7. The second kappa shape index (κ2) is 5.19. The molecule has 0 aromatic rings. The number of thiocarbonyl (C=S) groups is 2. The molecule has 0 bridgehead atoms. The van der Waals surface area contributed by atoms with Crippen LogP contribution in [0.15, 0.2) is 0 Å². The minimum Gasteiger partial charge on any atom is -0.377 e. The van der Waals surface area contributed by atoms with Crippen LogP contribution in [0.25, 0.3) is 0 Å². The molecule has 0 atom stereocenters. The average Bonchev–Trinajstić information content (AvgIpc) is 2.15. The maximum absolute atomic E-state index is 4.70. The van der Waals surface area contributed by atoms with Gasteiger partial charge in [-0.15, -0.1) is 0 Å². The number of nitrogens with two attached hydrogens (primary N) is 2. The minimum absolute atomic E-state index is 0.000000000000000222. The lowest BCUT2D eigenvalue weighted by Crippen LogP contribution is -2.19. The van der Waals surface area contributed by atoms with Crippen molar-refractivity contribution in [2.45, 2.75) is 0 Å². The van der Waals surface area contributed by atoms with Crippen molar-refractivity contribution in [2.24, 2.45) is 11.5 Å². The predicted molar refractivity (Wildman–Crippen MR) is 49.6 cm³/mol. The van der Waals surface area contributed by atoms with Crippen molar-refractivity contribution in [2.75, 3.05) is 13.1 Å². The van der Waals surface area contributed by atoms with Gasteiger partial charge in [-0.2, -0.15) is 0 Å². The first kappa shape index (κ1) is 9.38. The number of rotatable bonds is 0. The van der Waals surface area contributed by atoms with E-state index >= 15 is 0 Å². The summed E-state index contributed by atoms with van der Waals surface area (Å²) in [4.78, 5) is 0. The van der Waals surface area contributed by atoms with E-state index in [1.165, 1.54) is 0 Å². The van der Waals surface area contributed by atoms with Gasteiger partial charge in [-0.25, -0.2) is 0 Å². The molecule has 1 fully saturated rings. The molecule has 1 saturated heterocycles. The van der Waals surface area contributed by atoms with Crippen molar-refractivity contribution >= 4 is 34.7 Å². The van der Waals surface area contributed by atoms with Crippen LogP contribution in [-0.2, 0) is 0 Å². The van der Waals surface area contributed by atoms with Gasteiger partial charge in [0, 0.05) is 13.1 Å². The maximum Gasteiger partial charge on any atom is 0.166 e. The lowest BCUT2D eigenvalue weighted by molar-refractivity contribution is 0.942. The third-order valence-corrected chi connectivity index (χ3v) is 0.985. The Morgan fingerprint density at radius 1 is 1.30 bits per heavy atom. The summed E-state index contributed by atoms with van der Waals surface area (Å²) in [5, 5.41) is 6.67. The smallest absolute Gasteiger partial charge is 0.166 e. The highest BCUT2D eigenvalue weighted by molar-refractivity contribution is 7.80. The molecule has 10 heavy (non-hydrogen) atoms. The average molecular weight is 178 g/mol. The molecule has 1 heterocycles. The molecule has 0 radical (unpaired) electrons. The molecule has 6 heteroatoms. The van der Waals surface area contributed by atoms with E-state index in [0.29, 0.717) is 0 Å². The van der Waals surface area contributed by atoms with E-state index in [0.717, 1.165) is 18.2 Å². The Kier molecular flexibility index (Phi) is 4.87. The fraction of sp³-hybridized carbons (Fsp3) is 0.500. The summed E-state index contributed by atoms with van der Waals surface area (Å²) in [6, 6.07) is 0. The molecule has 0 aliphatic carbocycles. The van der Waals surface area contributed by atoms with Crippen molar-refractivity contribution in [3.8, 4) is 0 Å². The topological polar surface area (TPSA) is 76.1 Å². The molecule has 4 nitrogen and oxygen atoms in total. The first-order chi connectivity index (χ1) is 4.63. The summed E-state index contributed by atoms with van der Waals surface area (Å²) in [5.74, 6) is 0. The van der Waals surface area contributed by atoms with Gasteiger partial charge in [-0.1, -0.05) is 0 Å². The summed E-state index contributed by atoms with van der Waals surface area (Å²) in [6.07, 6.45) is 0. The predicted octanol–water partition coefficient (Wildman–Crippen LogP) is -1.35. The van der Waals surface area contributed by atoms with Crippen LogP contribution in [0.4, 0.5) is 0 Å². The SMILES string of the molecule is NC(N)=S.S=C1NCCN1. The van der Waals surface area contributed by atoms with E-state index < -0.39 is 0 Å². The molecule has 0 amide bonds. The molecule has 0 aromatic carbocycles. The summed E-state index contributed by atoms with van der Waals surface area (Å²) in [5.41, 5.74) is 9.24. The van der Waals surface area contributed by atoms with E-state index in [1.54, 1.807) is 0 Å². The highest BCUT2D eigenvalue weighted by Crippen LogP contribution is 1.71. The molecule has 0 spiro atoms. The van der Waals surface area contributed by atoms with Gasteiger partial charge in [0.25, 0.3) is 0 Å². The highest BCUT2D eigenvalue weighted by atomic mass is 32.1. The van der Waals surface area contributed by atoms with E-state index in [9.17, 15) is 0 Å². The van der Waals surface area contributed by atoms with Gasteiger partial charge in [0.15, 0.2) is 10.2 Å². The van der Waals surface area contributed by atoms with Crippen LogP contribution in [-0.4, -0.2) is 23.3 Å². The Hall–Kier alpha value is -0.620. The molecule has 0 unspecified atom stereocenters. The molecule has 0 aromatic heterocycles. The molecule has 1 aliphatic heterocycles. The van der Waals surface area contributed by atoms with E-state index in [2.05, 4.69) is 34.3 Å². The lowest BCUT2D eigenvalue weighted by Gasteiger charge is -1.85.